The van der Waals surface area contributed by atoms with E-state index in [0.717, 1.165) is 18.4 Å². The fourth-order valence-corrected chi connectivity index (χ4v) is 1.99. The molecule has 0 fully saturated rings. The molecule has 0 atom stereocenters. The van der Waals surface area contributed by atoms with E-state index in [1.807, 2.05) is 6.92 Å². The van der Waals surface area contributed by atoms with E-state index < -0.39 is 0 Å². The molecule has 0 radical (unpaired) electrons. The molecule has 2 aromatic rings. The maximum absolute atomic E-state index is 11.9. The van der Waals surface area contributed by atoms with Gasteiger partial charge < -0.3 is 10.4 Å². The van der Waals surface area contributed by atoms with Crippen LogP contribution in [0.15, 0.2) is 52.7 Å². The molecule has 2 N–H and O–H groups in total. The van der Waals surface area contributed by atoms with Crippen LogP contribution in [0.2, 0.25) is 0 Å². The van der Waals surface area contributed by atoms with E-state index in [1.54, 1.807) is 42.5 Å². The molecule has 0 bridgehead atoms. The minimum Gasteiger partial charge on any atom is -0.506 e. The van der Waals surface area contributed by atoms with Crippen LogP contribution >= 0.6 is 0 Å². The number of aryl methyl sites for hydroxylation is 1. The molecule has 0 saturated heterocycles. The van der Waals surface area contributed by atoms with Crippen LogP contribution in [-0.2, 0) is 0 Å². The quantitative estimate of drug-likeness (QED) is 0.602. The summed E-state index contributed by atoms with van der Waals surface area (Å²) in [5.41, 5.74) is 2.64. The zero-order valence-corrected chi connectivity index (χ0v) is 13.4. The molecule has 0 aliphatic carbocycles. The Kier molecular flexibility index (Phi) is 5.86. The molecule has 120 valence electrons. The molecule has 0 aromatic heterocycles. The molecule has 2 aromatic carbocycles. The summed E-state index contributed by atoms with van der Waals surface area (Å²) in [6.07, 6.45) is 2.02. The summed E-state index contributed by atoms with van der Waals surface area (Å²) in [6, 6.07) is 12.0. The summed E-state index contributed by atoms with van der Waals surface area (Å²) in [4.78, 5) is 11.9. The molecular weight excluding hydrogens is 290 g/mol. The zero-order valence-electron chi connectivity index (χ0n) is 13.4. The lowest BCUT2D eigenvalue weighted by molar-refractivity contribution is 0.0953. The molecular formula is C18H21N3O2. The van der Waals surface area contributed by atoms with Gasteiger partial charge in [-0.2, -0.15) is 5.11 Å². The van der Waals surface area contributed by atoms with Crippen LogP contribution < -0.4 is 5.32 Å². The number of azo groups is 1. The molecule has 0 aliphatic rings. The van der Waals surface area contributed by atoms with Crippen molar-refractivity contribution in [2.45, 2.75) is 26.7 Å². The number of phenols is 1. The van der Waals surface area contributed by atoms with E-state index in [9.17, 15) is 9.90 Å². The molecule has 0 unspecified atom stereocenters. The van der Waals surface area contributed by atoms with Gasteiger partial charge in [0, 0.05) is 12.1 Å². The van der Waals surface area contributed by atoms with Gasteiger partial charge in [-0.05, 0) is 55.3 Å². The summed E-state index contributed by atoms with van der Waals surface area (Å²) >= 11 is 0. The first kappa shape index (κ1) is 16.7. The fraction of sp³-hybridized carbons (Fsp3) is 0.278. The highest BCUT2D eigenvalue weighted by molar-refractivity contribution is 5.94. The third kappa shape index (κ3) is 4.92. The maximum Gasteiger partial charge on any atom is 0.251 e. The molecule has 5 nitrogen and oxygen atoms in total. The lowest BCUT2D eigenvalue weighted by Crippen LogP contribution is -2.24. The highest BCUT2D eigenvalue weighted by atomic mass is 16.3. The predicted octanol–water partition coefficient (Wildman–Crippen LogP) is 4.65. The fourth-order valence-electron chi connectivity index (χ4n) is 1.99. The van der Waals surface area contributed by atoms with Crippen molar-refractivity contribution in [2.75, 3.05) is 6.54 Å². The van der Waals surface area contributed by atoms with Gasteiger partial charge in [-0.1, -0.05) is 19.4 Å². The van der Waals surface area contributed by atoms with Crippen molar-refractivity contribution in [3.63, 3.8) is 0 Å². The number of carbonyl (C=O) groups excluding carboxylic acids is 1. The number of carbonyl (C=O) groups is 1. The minimum absolute atomic E-state index is 0.0849. The van der Waals surface area contributed by atoms with Crippen LogP contribution in [0.25, 0.3) is 0 Å². The van der Waals surface area contributed by atoms with E-state index in [1.165, 1.54) is 0 Å². The minimum atomic E-state index is -0.0849. The summed E-state index contributed by atoms with van der Waals surface area (Å²) in [7, 11) is 0. The van der Waals surface area contributed by atoms with Crippen LogP contribution in [0.4, 0.5) is 11.4 Å². The topological polar surface area (TPSA) is 74.0 Å². The summed E-state index contributed by atoms with van der Waals surface area (Å²) in [5.74, 6) is 0.00420. The van der Waals surface area contributed by atoms with Gasteiger partial charge in [0.25, 0.3) is 5.91 Å². The molecule has 1 amide bonds. The number of hydrogen-bond acceptors (Lipinski definition) is 4. The van der Waals surface area contributed by atoms with Crippen molar-refractivity contribution in [3.05, 3.63) is 53.6 Å². The lowest BCUT2D eigenvalue weighted by Gasteiger charge is -2.04. The van der Waals surface area contributed by atoms with E-state index in [4.69, 9.17) is 0 Å². The molecule has 0 heterocycles. The summed E-state index contributed by atoms with van der Waals surface area (Å²) in [5, 5.41) is 20.7. The Balaban J connectivity index is 2.03. The highest BCUT2D eigenvalue weighted by Crippen LogP contribution is 2.28. The van der Waals surface area contributed by atoms with Gasteiger partial charge in [-0.3, -0.25) is 4.79 Å². The number of phenolic OH excluding ortho intramolecular Hbond substituents is 1. The Morgan fingerprint density at radius 1 is 1.13 bits per heavy atom. The van der Waals surface area contributed by atoms with Crippen LogP contribution in [0.3, 0.4) is 0 Å². The average Bonchev–Trinajstić information content (AvgIpc) is 2.56. The number of nitrogens with one attached hydrogen (secondary N) is 1. The van der Waals surface area contributed by atoms with Crippen molar-refractivity contribution in [3.8, 4) is 5.75 Å². The summed E-state index contributed by atoms with van der Waals surface area (Å²) < 4.78 is 0. The third-order valence-corrected chi connectivity index (χ3v) is 3.35. The average molecular weight is 311 g/mol. The first-order valence-corrected chi connectivity index (χ1v) is 7.70. The Labute approximate surface area is 136 Å². The van der Waals surface area contributed by atoms with Gasteiger partial charge in [0.2, 0.25) is 0 Å². The second-order valence-electron chi connectivity index (χ2n) is 5.35. The standard InChI is InChI=1S/C18H21N3O2/c1-3-4-11-19-18(23)14-6-8-15(9-7-14)20-21-16-12-13(2)5-10-17(16)22/h5-10,12,22H,3-4,11H2,1-2H3,(H,19,23). The van der Waals surface area contributed by atoms with Gasteiger partial charge in [-0.15, -0.1) is 5.11 Å². The Morgan fingerprint density at radius 3 is 2.57 bits per heavy atom. The maximum atomic E-state index is 11.9. The number of amides is 1. The number of unbranched alkanes of at least 4 members (excludes halogenated alkanes) is 1. The van der Waals surface area contributed by atoms with Gasteiger partial charge in [0.15, 0.2) is 0 Å². The number of nitrogens with zero attached hydrogens (tertiary/aromatic N) is 2. The van der Waals surface area contributed by atoms with E-state index >= 15 is 0 Å². The van der Waals surface area contributed by atoms with Gasteiger partial charge in [0.05, 0.1) is 5.69 Å². The Morgan fingerprint density at radius 2 is 1.87 bits per heavy atom. The zero-order chi connectivity index (χ0) is 16.7. The molecule has 0 spiro atoms. The number of benzene rings is 2. The van der Waals surface area contributed by atoms with E-state index in [0.29, 0.717) is 23.5 Å². The van der Waals surface area contributed by atoms with E-state index in [2.05, 4.69) is 22.5 Å². The summed E-state index contributed by atoms with van der Waals surface area (Å²) in [6.45, 7) is 4.69. The van der Waals surface area contributed by atoms with Crippen LogP contribution in [0, 0.1) is 6.92 Å². The first-order valence-electron chi connectivity index (χ1n) is 7.70. The number of hydrogen-bond donors (Lipinski definition) is 2. The lowest BCUT2D eigenvalue weighted by atomic mass is 10.2. The molecule has 0 saturated carbocycles. The van der Waals surface area contributed by atoms with Crippen LogP contribution in [0.1, 0.15) is 35.7 Å². The largest absolute Gasteiger partial charge is 0.506 e. The Hall–Kier alpha value is -2.69. The van der Waals surface area contributed by atoms with E-state index in [-0.39, 0.29) is 11.7 Å². The molecule has 2 rings (SSSR count). The highest BCUT2D eigenvalue weighted by Gasteiger charge is 2.04. The van der Waals surface area contributed by atoms with Gasteiger partial charge in [-0.25, -0.2) is 0 Å². The monoisotopic (exact) mass is 311 g/mol. The van der Waals surface area contributed by atoms with Crippen LogP contribution in [0.5, 0.6) is 5.75 Å². The van der Waals surface area contributed by atoms with Crippen molar-refractivity contribution in [1.82, 2.24) is 5.32 Å². The Bertz CT molecular complexity index is 694. The SMILES string of the molecule is CCCCNC(=O)c1ccc(N=Nc2cc(C)ccc2O)cc1. The second-order valence-corrected chi connectivity index (χ2v) is 5.35. The predicted molar refractivity (Wildman–Crippen MR) is 90.7 cm³/mol. The van der Waals surface area contributed by atoms with Crippen molar-refractivity contribution in [1.29, 1.82) is 0 Å². The third-order valence-electron chi connectivity index (χ3n) is 3.35. The van der Waals surface area contributed by atoms with Crippen molar-refractivity contribution < 1.29 is 9.90 Å². The normalized spacial score (nSPS) is 10.9. The molecule has 5 heteroatoms. The first-order chi connectivity index (χ1) is 11.1. The van der Waals surface area contributed by atoms with Gasteiger partial charge in [0.1, 0.15) is 11.4 Å². The van der Waals surface area contributed by atoms with Crippen LogP contribution in [-0.4, -0.2) is 17.6 Å². The number of aromatic hydroxyl groups is 1. The molecule has 23 heavy (non-hydrogen) atoms. The van der Waals surface area contributed by atoms with Crippen molar-refractivity contribution >= 4 is 17.3 Å². The van der Waals surface area contributed by atoms with Crippen molar-refractivity contribution in [2.24, 2.45) is 10.2 Å². The smallest absolute Gasteiger partial charge is 0.251 e. The van der Waals surface area contributed by atoms with Gasteiger partial charge >= 0.3 is 0 Å². The second kappa shape index (κ2) is 8.08. The number of rotatable bonds is 6. The molecule has 0 aliphatic heterocycles.